The molecule has 0 saturated heterocycles. The number of hydrogen-bond acceptors (Lipinski definition) is 4. The summed E-state index contributed by atoms with van der Waals surface area (Å²) in [5.41, 5.74) is 16.9. The minimum atomic E-state index is 0. The highest BCUT2D eigenvalue weighted by Crippen LogP contribution is 2.33. The van der Waals surface area contributed by atoms with E-state index in [1.807, 2.05) is 18.2 Å². The van der Waals surface area contributed by atoms with Crippen molar-refractivity contribution in [3.8, 4) is 11.1 Å². The zero-order valence-corrected chi connectivity index (χ0v) is 13.8. The number of nitrogens with two attached hydrogens (primary N) is 2. The Morgan fingerprint density at radius 3 is 2.55 bits per heavy atom. The summed E-state index contributed by atoms with van der Waals surface area (Å²) in [5.74, 6) is 0. The molecule has 0 amide bonds. The standard InChI is InChI=1S/C14H19N3S.2ClH/c1-2-5-17-7-10-8-18-9-13(10)12-6-11(15)3-4-14(12)16;;/h3-4,6,8-9,17H,2,5,7,15-16H2,1H3;2*1H. The van der Waals surface area contributed by atoms with Crippen molar-refractivity contribution in [1.29, 1.82) is 0 Å². The highest BCUT2D eigenvalue weighted by Gasteiger charge is 2.09. The molecule has 0 aliphatic heterocycles. The van der Waals surface area contributed by atoms with Crippen molar-refractivity contribution in [3.05, 3.63) is 34.5 Å². The summed E-state index contributed by atoms with van der Waals surface area (Å²) in [6.45, 7) is 4.07. The van der Waals surface area contributed by atoms with E-state index in [-0.39, 0.29) is 24.8 Å². The molecule has 0 unspecified atom stereocenters. The molecular formula is C14H21Cl2N3S. The van der Waals surface area contributed by atoms with Crippen LogP contribution in [0.3, 0.4) is 0 Å². The smallest absolute Gasteiger partial charge is 0.0395 e. The molecule has 5 N–H and O–H groups in total. The van der Waals surface area contributed by atoms with Crippen LogP contribution in [0.4, 0.5) is 11.4 Å². The van der Waals surface area contributed by atoms with Gasteiger partial charge in [0.2, 0.25) is 0 Å². The molecular weight excluding hydrogens is 313 g/mol. The topological polar surface area (TPSA) is 64.1 Å². The van der Waals surface area contributed by atoms with Gasteiger partial charge in [-0.05, 0) is 53.1 Å². The van der Waals surface area contributed by atoms with Gasteiger partial charge in [-0.25, -0.2) is 0 Å². The van der Waals surface area contributed by atoms with Crippen LogP contribution in [0.15, 0.2) is 29.0 Å². The van der Waals surface area contributed by atoms with Crippen molar-refractivity contribution in [2.24, 2.45) is 0 Å². The maximum atomic E-state index is 6.03. The van der Waals surface area contributed by atoms with E-state index in [1.54, 1.807) is 11.3 Å². The van der Waals surface area contributed by atoms with Gasteiger partial charge in [0.15, 0.2) is 0 Å². The Balaban J connectivity index is 0.00000180. The van der Waals surface area contributed by atoms with Crippen LogP contribution < -0.4 is 16.8 Å². The van der Waals surface area contributed by atoms with Gasteiger partial charge in [-0.1, -0.05) is 6.92 Å². The van der Waals surface area contributed by atoms with E-state index >= 15 is 0 Å². The Hall–Kier alpha value is -0.940. The van der Waals surface area contributed by atoms with Gasteiger partial charge >= 0.3 is 0 Å². The largest absolute Gasteiger partial charge is 0.399 e. The second-order valence-electron chi connectivity index (χ2n) is 4.33. The molecule has 0 spiro atoms. The third-order valence-corrected chi connectivity index (χ3v) is 3.64. The third-order valence-electron chi connectivity index (χ3n) is 2.85. The molecule has 0 saturated carbocycles. The predicted molar refractivity (Wildman–Crippen MR) is 95.1 cm³/mol. The van der Waals surface area contributed by atoms with Gasteiger partial charge in [0, 0.05) is 23.5 Å². The maximum absolute atomic E-state index is 6.03. The molecule has 6 heteroatoms. The normalized spacial score (nSPS) is 9.65. The summed E-state index contributed by atoms with van der Waals surface area (Å²) in [6, 6.07) is 5.65. The fourth-order valence-corrected chi connectivity index (χ4v) is 2.76. The maximum Gasteiger partial charge on any atom is 0.0395 e. The highest BCUT2D eigenvalue weighted by molar-refractivity contribution is 7.08. The van der Waals surface area contributed by atoms with Crippen molar-refractivity contribution in [1.82, 2.24) is 5.32 Å². The van der Waals surface area contributed by atoms with E-state index in [1.165, 1.54) is 11.1 Å². The minimum Gasteiger partial charge on any atom is -0.399 e. The molecule has 0 atom stereocenters. The van der Waals surface area contributed by atoms with Gasteiger partial charge < -0.3 is 16.8 Å². The molecule has 0 aliphatic rings. The number of hydrogen-bond donors (Lipinski definition) is 3. The molecule has 1 aromatic heterocycles. The molecule has 0 fully saturated rings. The van der Waals surface area contributed by atoms with Crippen LogP contribution in [0.1, 0.15) is 18.9 Å². The fraction of sp³-hybridized carbons (Fsp3) is 0.286. The first-order valence-corrected chi connectivity index (χ1v) is 7.07. The number of rotatable bonds is 5. The van der Waals surface area contributed by atoms with Gasteiger partial charge in [0.05, 0.1) is 0 Å². The van der Waals surface area contributed by atoms with Crippen LogP contribution in [-0.4, -0.2) is 6.54 Å². The molecule has 20 heavy (non-hydrogen) atoms. The molecule has 2 rings (SSSR count). The van der Waals surface area contributed by atoms with E-state index in [9.17, 15) is 0 Å². The SMILES string of the molecule is CCCNCc1cscc1-c1cc(N)ccc1N.Cl.Cl. The summed E-state index contributed by atoms with van der Waals surface area (Å²) in [7, 11) is 0. The van der Waals surface area contributed by atoms with E-state index in [0.717, 1.165) is 36.4 Å². The van der Waals surface area contributed by atoms with Crippen LogP contribution in [0.5, 0.6) is 0 Å². The number of halogens is 2. The summed E-state index contributed by atoms with van der Waals surface area (Å²) in [5, 5.41) is 7.72. The lowest BCUT2D eigenvalue weighted by Crippen LogP contribution is -2.13. The van der Waals surface area contributed by atoms with Crippen LogP contribution in [-0.2, 0) is 6.54 Å². The lowest BCUT2D eigenvalue weighted by atomic mass is 10.0. The van der Waals surface area contributed by atoms with Gasteiger partial charge in [0.25, 0.3) is 0 Å². The number of anilines is 2. The number of benzene rings is 1. The molecule has 112 valence electrons. The molecule has 0 radical (unpaired) electrons. The quantitative estimate of drug-likeness (QED) is 0.573. The molecule has 3 nitrogen and oxygen atoms in total. The van der Waals surface area contributed by atoms with Crippen molar-refractivity contribution < 1.29 is 0 Å². The lowest BCUT2D eigenvalue weighted by molar-refractivity contribution is 0.677. The predicted octanol–water partition coefficient (Wildman–Crippen LogP) is 3.92. The van der Waals surface area contributed by atoms with Crippen LogP contribution in [0, 0.1) is 0 Å². The number of nitrogens with one attached hydrogen (secondary N) is 1. The van der Waals surface area contributed by atoms with Crippen LogP contribution in [0.2, 0.25) is 0 Å². The van der Waals surface area contributed by atoms with Gasteiger partial charge in [-0.2, -0.15) is 11.3 Å². The van der Waals surface area contributed by atoms with Crippen molar-refractivity contribution in [2.45, 2.75) is 19.9 Å². The molecule has 1 aromatic carbocycles. The zero-order chi connectivity index (χ0) is 13.0. The second kappa shape index (κ2) is 9.08. The first-order chi connectivity index (χ1) is 8.72. The number of thiophene rings is 1. The zero-order valence-electron chi connectivity index (χ0n) is 11.4. The molecule has 2 aromatic rings. The Morgan fingerprint density at radius 2 is 1.85 bits per heavy atom. The molecule has 0 bridgehead atoms. The Kier molecular flexibility index (Phi) is 8.65. The van der Waals surface area contributed by atoms with Gasteiger partial charge in [-0.15, -0.1) is 24.8 Å². The Labute approximate surface area is 136 Å². The summed E-state index contributed by atoms with van der Waals surface area (Å²) in [6.07, 6.45) is 1.14. The Morgan fingerprint density at radius 1 is 1.10 bits per heavy atom. The van der Waals surface area contributed by atoms with Gasteiger partial charge in [-0.3, -0.25) is 0 Å². The average molecular weight is 334 g/mol. The molecule has 0 aliphatic carbocycles. The fourth-order valence-electron chi connectivity index (χ4n) is 1.90. The van der Waals surface area contributed by atoms with Crippen molar-refractivity contribution in [3.63, 3.8) is 0 Å². The van der Waals surface area contributed by atoms with Crippen molar-refractivity contribution >= 4 is 47.5 Å². The molecule has 1 heterocycles. The van der Waals surface area contributed by atoms with Crippen LogP contribution >= 0.6 is 36.2 Å². The first-order valence-electron chi connectivity index (χ1n) is 6.13. The van der Waals surface area contributed by atoms with Gasteiger partial charge in [0.1, 0.15) is 0 Å². The summed E-state index contributed by atoms with van der Waals surface area (Å²) >= 11 is 1.70. The number of nitrogen functional groups attached to an aromatic ring is 2. The van der Waals surface area contributed by atoms with E-state index in [0.29, 0.717) is 0 Å². The summed E-state index contributed by atoms with van der Waals surface area (Å²) < 4.78 is 0. The summed E-state index contributed by atoms with van der Waals surface area (Å²) in [4.78, 5) is 0. The first kappa shape index (κ1) is 19.1. The lowest BCUT2D eigenvalue weighted by Gasteiger charge is -2.09. The van der Waals surface area contributed by atoms with E-state index in [2.05, 4.69) is 23.0 Å². The Bertz CT molecular complexity index is 529. The average Bonchev–Trinajstić information content (AvgIpc) is 2.81. The minimum absolute atomic E-state index is 0. The second-order valence-corrected chi connectivity index (χ2v) is 5.08. The van der Waals surface area contributed by atoms with Crippen LogP contribution in [0.25, 0.3) is 11.1 Å². The third kappa shape index (κ3) is 4.56. The van der Waals surface area contributed by atoms with Crippen molar-refractivity contribution in [2.75, 3.05) is 18.0 Å². The highest BCUT2D eigenvalue weighted by atomic mass is 35.5. The monoisotopic (exact) mass is 333 g/mol. The van der Waals surface area contributed by atoms with E-state index < -0.39 is 0 Å². The van der Waals surface area contributed by atoms with E-state index in [4.69, 9.17) is 11.5 Å².